The average Bonchev–Trinajstić information content (AvgIpc) is 2.67. The molecule has 1 amide bonds. The van der Waals surface area contributed by atoms with E-state index in [0.717, 1.165) is 44.2 Å². The van der Waals surface area contributed by atoms with Crippen molar-refractivity contribution in [3.8, 4) is 0 Å². The second-order valence-corrected chi connectivity index (χ2v) is 4.98. The van der Waals surface area contributed by atoms with Gasteiger partial charge in [-0.2, -0.15) is 5.10 Å². The van der Waals surface area contributed by atoms with Gasteiger partial charge in [-0.15, -0.1) is 0 Å². The summed E-state index contributed by atoms with van der Waals surface area (Å²) in [5, 5.41) is 6.34. The molecule has 0 saturated heterocycles. The van der Waals surface area contributed by atoms with Crippen LogP contribution >= 0.6 is 0 Å². The second kappa shape index (κ2) is 7.52. The van der Waals surface area contributed by atoms with E-state index in [1.165, 1.54) is 0 Å². The van der Waals surface area contributed by atoms with Crippen molar-refractivity contribution in [3.05, 3.63) is 0 Å². The van der Waals surface area contributed by atoms with Gasteiger partial charge >= 0.3 is 0 Å². The molecule has 18 heavy (non-hydrogen) atoms. The lowest BCUT2D eigenvalue weighted by Crippen LogP contribution is -2.35. The Kier molecular flexibility index (Phi) is 6.33. The minimum absolute atomic E-state index is 0.00546. The molecule has 1 aliphatic rings. The summed E-state index contributed by atoms with van der Waals surface area (Å²) in [6.45, 7) is 7.01. The molecule has 0 aromatic carbocycles. The molecule has 1 heterocycles. The van der Waals surface area contributed by atoms with Crippen LogP contribution in [0.3, 0.4) is 0 Å². The van der Waals surface area contributed by atoms with Gasteiger partial charge in [-0.3, -0.25) is 4.79 Å². The minimum Gasteiger partial charge on any atom is -0.330 e. The van der Waals surface area contributed by atoms with Crippen molar-refractivity contribution in [2.24, 2.45) is 16.8 Å². The summed E-state index contributed by atoms with van der Waals surface area (Å²) in [4.78, 5) is 12.4. The lowest BCUT2D eigenvalue weighted by molar-refractivity contribution is -0.134. The van der Waals surface area contributed by atoms with Gasteiger partial charge in [0, 0.05) is 0 Å². The van der Waals surface area contributed by atoms with Gasteiger partial charge < -0.3 is 5.73 Å². The monoisotopic (exact) mass is 253 g/mol. The third kappa shape index (κ3) is 3.31. The van der Waals surface area contributed by atoms with E-state index in [2.05, 4.69) is 25.9 Å². The Morgan fingerprint density at radius 1 is 1.33 bits per heavy atom. The van der Waals surface area contributed by atoms with E-state index < -0.39 is 0 Å². The molecule has 1 unspecified atom stereocenters. The summed E-state index contributed by atoms with van der Waals surface area (Å²) < 4.78 is 0. The van der Waals surface area contributed by atoms with Crippen molar-refractivity contribution >= 4 is 11.6 Å². The SMILES string of the molecule is CCCC1=NN(C(CC)CC)C(=O)C1CCCN. The van der Waals surface area contributed by atoms with E-state index in [0.29, 0.717) is 6.54 Å². The lowest BCUT2D eigenvalue weighted by Gasteiger charge is -2.22. The van der Waals surface area contributed by atoms with E-state index in [9.17, 15) is 4.79 Å². The van der Waals surface area contributed by atoms with Gasteiger partial charge in [0.2, 0.25) is 0 Å². The summed E-state index contributed by atoms with van der Waals surface area (Å²) in [5.41, 5.74) is 6.63. The van der Waals surface area contributed by atoms with E-state index in [1.54, 1.807) is 5.01 Å². The predicted octanol–water partition coefficient (Wildman–Crippen LogP) is 2.53. The first-order chi connectivity index (χ1) is 8.69. The van der Waals surface area contributed by atoms with Crippen LogP contribution in [0.5, 0.6) is 0 Å². The van der Waals surface area contributed by atoms with E-state index in [1.807, 2.05) is 0 Å². The molecule has 0 aromatic heterocycles. The number of hydrogen-bond donors (Lipinski definition) is 1. The van der Waals surface area contributed by atoms with E-state index in [-0.39, 0.29) is 17.9 Å². The molecule has 0 fully saturated rings. The molecular formula is C14H27N3O. The summed E-state index contributed by atoms with van der Waals surface area (Å²) in [5.74, 6) is 0.190. The Hall–Kier alpha value is -0.900. The van der Waals surface area contributed by atoms with Crippen LogP contribution < -0.4 is 5.73 Å². The number of rotatable bonds is 8. The van der Waals surface area contributed by atoms with Crippen LogP contribution in [0, 0.1) is 5.92 Å². The molecule has 1 rings (SSSR count). The predicted molar refractivity (Wildman–Crippen MR) is 75.3 cm³/mol. The summed E-state index contributed by atoms with van der Waals surface area (Å²) in [6.07, 6.45) is 5.66. The van der Waals surface area contributed by atoms with Gasteiger partial charge in [0.05, 0.1) is 17.7 Å². The highest BCUT2D eigenvalue weighted by atomic mass is 16.2. The smallest absolute Gasteiger partial charge is 0.251 e. The molecule has 4 nitrogen and oxygen atoms in total. The molecule has 0 saturated carbocycles. The Morgan fingerprint density at radius 3 is 2.50 bits per heavy atom. The van der Waals surface area contributed by atoms with Crippen molar-refractivity contribution in [1.29, 1.82) is 0 Å². The molecule has 104 valence electrons. The number of hydrazone groups is 1. The summed E-state index contributed by atoms with van der Waals surface area (Å²) >= 11 is 0. The third-order valence-corrected chi connectivity index (χ3v) is 3.65. The average molecular weight is 253 g/mol. The largest absolute Gasteiger partial charge is 0.330 e. The Labute approximate surface area is 111 Å². The lowest BCUT2D eigenvalue weighted by atomic mass is 9.94. The van der Waals surface area contributed by atoms with Crippen LogP contribution in [0.2, 0.25) is 0 Å². The first kappa shape index (κ1) is 15.2. The molecule has 0 aromatic rings. The van der Waals surface area contributed by atoms with Crippen LogP contribution in [-0.4, -0.2) is 29.2 Å². The highest BCUT2D eigenvalue weighted by Crippen LogP contribution is 2.26. The molecule has 0 spiro atoms. The van der Waals surface area contributed by atoms with E-state index in [4.69, 9.17) is 5.73 Å². The highest BCUT2D eigenvalue weighted by Gasteiger charge is 2.36. The number of hydrogen-bond acceptors (Lipinski definition) is 3. The van der Waals surface area contributed by atoms with Crippen LogP contribution in [-0.2, 0) is 4.79 Å². The van der Waals surface area contributed by atoms with Gasteiger partial charge in [-0.05, 0) is 38.6 Å². The fourth-order valence-corrected chi connectivity index (χ4v) is 2.55. The normalized spacial score (nSPS) is 19.8. The minimum atomic E-state index is -0.00546. The maximum atomic E-state index is 12.4. The molecule has 0 bridgehead atoms. The van der Waals surface area contributed by atoms with Gasteiger partial charge in [-0.25, -0.2) is 5.01 Å². The van der Waals surface area contributed by atoms with Crippen molar-refractivity contribution in [2.75, 3.05) is 6.54 Å². The quantitative estimate of drug-likeness (QED) is 0.722. The number of nitrogens with zero attached hydrogens (tertiary/aromatic N) is 2. The zero-order valence-electron chi connectivity index (χ0n) is 12.0. The fourth-order valence-electron chi connectivity index (χ4n) is 2.55. The van der Waals surface area contributed by atoms with Gasteiger partial charge in [-0.1, -0.05) is 27.2 Å². The molecule has 0 aliphatic carbocycles. The van der Waals surface area contributed by atoms with Crippen LogP contribution in [0.4, 0.5) is 0 Å². The number of amides is 1. The zero-order chi connectivity index (χ0) is 13.5. The third-order valence-electron chi connectivity index (χ3n) is 3.65. The summed E-state index contributed by atoms with van der Waals surface area (Å²) in [6, 6.07) is 0.257. The Balaban J connectivity index is 2.80. The van der Waals surface area contributed by atoms with Crippen LogP contribution in [0.1, 0.15) is 59.3 Å². The second-order valence-electron chi connectivity index (χ2n) is 4.98. The van der Waals surface area contributed by atoms with Crippen LogP contribution in [0.25, 0.3) is 0 Å². The Morgan fingerprint density at radius 2 is 2.00 bits per heavy atom. The molecule has 1 aliphatic heterocycles. The number of nitrogens with two attached hydrogens (primary N) is 1. The molecular weight excluding hydrogens is 226 g/mol. The Bertz CT molecular complexity index is 297. The fraction of sp³-hybridized carbons (Fsp3) is 0.857. The van der Waals surface area contributed by atoms with Gasteiger partial charge in [0.1, 0.15) is 0 Å². The maximum Gasteiger partial charge on any atom is 0.251 e. The van der Waals surface area contributed by atoms with E-state index >= 15 is 0 Å². The standard InChI is InChI=1S/C14H27N3O/c1-4-8-13-12(9-7-10-15)14(18)17(16-13)11(5-2)6-3/h11-12H,4-10,15H2,1-3H3. The molecule has 2 N–H and O–H groups in total. The topological polar surface area (TPSA) is 58.7 Å². The molecule has 0 radical (unpaired) electrons. The first-order valence-electron chi connectivity index (χ1n) is 7.29. The van der Waals surface area contributed by atoms with Crippen molar-refractivity contribution in [1.82, 2.24) is 5.01 Å². The van der Waals surface area contributed by atoms with Crippen LogP contribution in [0.15, 0.2) is 5.10 Å². The maximum absolute atomic E-state index is 12.4. The number of carbonyl (C=O) groups is 1. The highest BCUT2D eigenvalue weighted by molar-refractivity contribution is 6.08. The molecule has 1 atom stereocenters. The van der Waals surface area contributed by atoms with Gasteiger partial charge in [0.25, 0.3) is 5.91 Å². The first-order valence-corrected chi connectivity index (χ1v) is 7.29. The molecule has 4 heteroatoms. The van der Waals surface area contributed by atoms with Gasteiger partial charge in [0.15, 0.2) is 0 Å². The van der Waals surface area contributed by atoms with Crippen molar-refractivity contribution in [2.45, 2.75) is 65.3 Å². The van der Waals surface area contributed by atoms with Crippen molar-refractivity contribution in [3.63, 3.8) is 0 Å². The number of carbonyl (C=O) groups excluding carboxylic acids is 1. The summed E-state index contributed by atoms with van der Waals surface area (Å²) in [7, 11) is 0. The zero-order valence-corrected chi connectivity index (χ0v) is 12.0. The van der Waals surface area contributed by atoms with Crippen molar-refractivity contribution < 1.29 is 4.79 Å².